The fourth-order valence-corrected chi connectivity index (χ4v) is 3.01. The number of methoxy groups -OCH3 is 3. The van der Waals surface area contributed by atoms with E-state index in [0.717, 1.165) is 16.7 Å². The molecule has 1 amide bonds. The second-order valence-corrected chi connectivity index (χ2v) is 6.02. The molecule has 3 aromatic rings. The van der Waals surface area contributed by atoms with Crippen LogP contribution in [0.1, 0.15) is 23.0 Å². The van der Waals surface area contributed by atoms with Crippen LogP contribution < -0.4 is 24.3 Å². The summed E-state index contributed by atoms with van der Waals surface area (Å²) in [5.74, 6) is 1.93. The van der Waals surface area contributed by atoms with E-state index >= 15 is 0 Å². The summed E-state index contributed by atoms with van der Waals surface area (Å²) in [5, 5.41) is 3.66. The van der Waals surface area contributed by atoms with Gasteiger partial charge in [0, 0.05) is 28.8 Å². The van der Waals surface area contributed by atoms with Crippen LogP contribution in [-0.2, 0) is 0 Å². The molecule has 148 valence electrons. The van der Waals surface area contributed by atoms with E-state index in [9.17, 15) is 4.79 Å². The minimum Gasteiger partial charge on any atom is -0.494 e. The van der Waals surface area contributed by atoms with Crippen molar-refractivity contribution >= 4 is 22.6 Å². The topological polar surface area (TPSA) is 79.2 Å². The largest absolute Gasteiger partial charge is 0.494 e. The lowest BCUT2D eigenvalue weighted by Crippen LogP contribution is -2.12. The van der Waals surface area contributed by atoms with Crippen LogP contribution in [-0.4, -0.2) is 33.8 Å². The SMILES string of the molecule is CCOc1ccc2oc(C(=O)Nc3cc(OC)c(OC)c(OC)c3)c(C)c2c1. The van der Waals surface area contributed by atoms with Crippen LogP contribution in [0.15, 0.2) is 34.7 Å². The first-order valence-corrected chi connectivity index (χ1v) is 8.79. The summed E-state index contributed by atoms with van der Waals surface area (Å²) in [6, 6.07) is 8.79. The fourth-order valence-electron chi connectivity index (χ4n) is 3.01. The van der Waals surface area contributed by atoms with Crippen molar-refractivity contribution in [1.29, 1.82) is 0 Å². The highest BCUT2D eigenvalue weighted by Gasteiger charge is 2.20. The van der Waals surface area contributed by atoms with Gasteiger partial charge in [0.15, 0.2) is 17.3 Å². The first kappa shape index (κ1) is 19.4. The van der Waals surface area contributed by atoms with E-state index in [2.05, 4.69) is 5.32 Å². The Labute approximate surface area is 163 Å². The molecule has 0 aliphatic rings. The molecule has 0 radical (unpaired) electrons. The Kier molecular flexibility index (Phi) is 5.63. The number of amides is 1. The van der Waals surface area contributed by atoms with Crippen LogP contribution in [0.3, 0.4) is 0 Å². The molecule has 0 spiro atoms. The molecule has 1 N–H and O–H groups in total. The van der Waals surface area contributed by atoms with Gasteiger partial charge in [0.05, 0.1) is 27.9 Å². The van der Waals surface area contributed by atoms with Gasteiger partial charge in [-0.15, -0.1) is 0 Å². The summed E-state index contributed by atoms with van der Waals surface area (Å²) in [6.45, 7) is 4.32. The van der Waals surface area contributed by atoms with Gasteiger partial charge in [-0.05, 0) is 32.0 Å². The third kappa shape index (κ3) is 3.55. The van der Waals surface area contributed by atoms with Crippen molar-refractivity contribution in [3.8, 4) is 23.0 Å². The van der Waals surface area contributed by atoms with Crippen molar-refractivity contribution in [2.24, 2.45) is 0 Å². The van der Waals surface area contributed by atoms with Crippen molar-refractivity contribution in [2.45, 2.75) is 13.8 Å². The highest BCUT2D eigenvalue weighted by atomic mass is 16.5. The minimum atomic E-state index is -0.374. The average molecular weight is 385 g/mol. The fraction of sp³-hybridized carbons (Fsp3) is 0.286. The normalized spacial score (nSPS) is 10.6. The zero-order valence-electron chi connectivity index (χ0n) is 16.5. The maximum Gasteiger partial charge on any atom is 0.291 e. The van der Waals surface area contributed by atoms with E-state index in [1.165, 1.54) is 21.3 Å². The minimum absolute atomic E-state index is 0.234. The van der Waals surface area contributed by atoms with E-state index in [-0.39, 0.29) is 11.7 Å². The lowest BCUT2D eigenvalue weighted by Gasteiger charge is -2.14. The molecule has 1 aromatic heterocycles. The molecule has 0 saturated heterocycles. The van der Waals surface area contributed by atoms with Gasteiger partial charge in [0.2, 0.25) is 5.75 Å². The van der Waals surface area contributed by atoms with E-state index in [1.807, 2.05) is 26.0 Å². The molecular weight excluding hydrogens is 362 g/mol. The van der Waals surface area contributed by atoms with E-state index in [1.54, 1.807) is 18.2 Å². The van der Waals surface area contributed by atoms with Crippen molar-refractivity contribution in [3.63, 3.8) is 0 Å². The molecule has 7 heteroatoms. The Morgan fingerprint density at radius 1 is 1.04 bits per heavy atom. The summed E-state index contributed by atoms with van der Waals surface area (Å²) >= 11 is 0. The number of benzene rings is 2. The highest BCUT2D eigenvalue weighted by molar-refractivity contribution is 6.06. The summed E-state index contributed by atoms with van der Waals surface area (Å²) in [4.78, 5) is 12.8. The molecule has 0 atom stereocenters. The van der Waals surface area contributed by atoms with Gasteiger partial charge in [0.1, 0.15) is 11.3 Å². The Bertz CT molecular complexity index is 983. The van der Waals surface area contributed by atoms with Crippen LogP contribution in [0, 0.1) is 6.92 Å². The Hall–Kier alpha value is -3.35. The van der Waals surface area contributed by atoms with Crippen molar-refractivity contribution in [3.05, 3.63) is 41.7 Å². The van der Waals surface area contributed by atoms with E-state index in [4.69, 9.17) is 23.4 Å². The zero-order valence-corrected chi connectivity index (χ0v) is 16.5. The standard InChI is InChI=1S/C21H23NO6/c1-6-27-14-7-8-16-15(11-14)12(2)19(28-16)21(23)22-13-9-17(24-3)20(26-5)18(10-13)25-4/h7-11H,6H2,1-5H3,(H,22,23). The summed E-state index contributed by atoms with van der Waals surface area (Å²) in [5.41, 5.74) is 1.85. The molecule has 3 rings (SSSR count). The number of anilines is 1. The number of furan rings is 1. The average Bonchev–Trinajstić information content (AvgIpc) is 3.03. The molecule has 28 heavy (non-hydrogen) atoms. The molecular formula is C21H23NO6. The van der Waals surface area contributed by atoms with Gasteiger partial charge >= 0.3 is 0 Å². The zero-order chi connectivity index (χ0) is 20.3. The number of carbonyl (C=O) groups is 1. The van der Waals surface area contributed by atoms with Gasteiger partial charge < -0.3 is 28.7 Å². The third-order valence-electron chi connectivity index (χ3n) is 4.35. The molecule has 7 nitrogen and oxygen atoms in total. The molecule has 0 saturated carbocycles. The Morgan fingerprint density at radius 2 is 1.71 bits per heavy atom. The second-order valence-electron chi connectivity index (χ2n) is 6.02. The van der Waals surface area contributed by atoms with E-state index < -0.39 is 0 Å². The summed E-state index contributed by atoms with van der Waals surface area (Å²) in [7, 11) is 4.55. The number of aryl methyl sites for hydroxylation is 1. The van der Waals surface area contributed by atoms with Crippen LogP contribution in [0.2, 0.25) is 0 Å². The summed E-state index contributed by atoms with van der Waals surface area (Å²) < 4.78 is 27.2. The third-order valence-corrected chi connectivity index (χ3v) is 4.35. The smallest absolute Gasteiger partial charge is 0.291 e. The number of nitrogens with one attached hydrogen (secondary N) is 1. The number of fused-ring (bicyclic) bond motifs is 1. The number of rotatable bonds is 7. The second kappa shape index (κ2) is 8.12. The van der Waals surface area contributed by atoms with Crippen LogP contribution in [0.5, 0.6) is 23.0 Å². The quantitative estimate of drug-likeness (QED) is 0.649. The van der Waals surface area contributed by atoms with Crippen LogP contribution in [0.25, 0.3) is 11.0 Å². The molecule has 2 aromatic carbocycles. The monoisotopic (exact) mass is 385 g/mol. The highest BCUT2D eigenvalue weighted by Crippen LogP contribution is 2.40. The van der Waals surface area contributed by atoms with Gasteiger partial charge in [-0.25, -0.2) is 0 Å². The Morgan fingerprint density at radius 3 is 2.29 bits per heavy atom. The summed E-state index contributed by atoms with van der Waals surface area (Å²) in [6.07, 6.45) is 0. The predicted octanol–water partition coefficient (Wildman–Crippen LogP) is 4.42. The van der Waals surface area contributed by atoms with Crippen molar-refractivity contribution in [1.82, 2.24) is 0 Å². The van der Waals surface area contributed by atoms with Crippen LogP contribution in [0.4, 0.5) is 5.69 Å². The molecule has 0 bridgehead atoms. The molecule has 0 unspecified atom stereocenters. The molecule has 0 fully saturated rings. The first-order chi connectivity index (χ1) is 13.5. The van der Waals surface area contributed by atoms with Gasteiger partial charge in [-0.2, -0.15) is 0 Å². The number of hydrogen-bond acceptors (Lipinski definition) is 6. The number of ether oxygens (including phenoxy) is 4. The lowest BCUT2D eigenvalue weighted by molar-refractivity contribution is 0.0998. The van der Waals surface area contributed by atoms with Crippen LogP contribution >= 0.6 is 0 Å². The first-order valence-electron chi connectivity index (χ1n) is 8.79. The Balaban J connectivity index is 1.94. The maximum absolute atomic E-state index is 12.8. The van der Waals surface area contributed by atoms with Crippen molar-refractivity contribution < 1.29 is 28.2 Å². The number of carbonyl (C=O) groups excluding carboxylic acids is 1. The maximum atomic E-state index is 12.8. The molecule has 1 heterocycles. The van der Waals surface area contributed by atoms with Gasteiger partial charge in [-0.3, -0.25) is 4.79 Å². The molecule has 0 aliphatic heterocycles. The van der Waals surface area contributed by atoms with E-state index in [0.29, 0.717) is 35.1 Å². The van der Waals surface area contributed by atoms with Gasteiger partial charge in [-0.1, -0.05) is 0 Å². The van der Waals surface area contributed by atoms with Gasteiger partial charge in [0.25, 0.3) is 5.91 Å². The van der Waals surface area contributed by atoms with Crippen molar-refractivity contribution in [2.75, 3.05) is 33.3 Å². The predicted molar refractivity (Wildman–Crippen MR) is 106 cm³/mol. The lowest BCUT2D eigenvalue weighted by atomic mass is 10.1. The molecule has 0 aliphatic carbocycles. The number of hydrogen-bond donors (Lipinski definition) is 1.